The summed E-state index contributed by atoms with van der Waals surface area (Å²) in [6, 6.07) is 10.1. The van der Waals surface area contributed by atoms with Gasteiger partial charge in [-0.15, -0.1) is 0 Å². The van der Waals surface area contributed by atoms with Crippen molar-refractivity contribution in [1.82, 2.24) is 14.5 Å². The lowest BCUT2D eigenvalue weighted by Gasteiger charge is -2.15. The van der Waals surface area contributed by atoms with E-state index in [0.717, 1.165) is 16.7 Å². The van der Waals surface area contributed by atoms with Gasteiger partial charge < -0.3 is 10.9 Å². The van der Waals surface area contributed by atoms with Crippen LogP contribution in [-0.2, 0) is 6.42 Å². The van der Waals surface area contributed by atoms with Gasteiger partial charge in [-0.1, -0.05) is 11.2 Å². The number of halogens is 3. The Bertz CT molecular complexity index is 1460. The lowest BCUT2D eigenvalue weighted by molar-refractivity contribution is 0.316. The third kappa shape index (κ3) is 4.34. The first-order valence-electron chi connectivity index (χ1n) is 10.4. The number of amidine groups is 1. The van der Waals surface area contributed by atoms with Gasteiger partial charge in [0, 0.05) is 29.9 Å². The van der Waals surface area contributed by atoms with E-state index in [1.165, 1.54) is 30.3 Å². The number of oxime groups is 1. The average Bonchev–Trinajstić information content (AvgIpc) is 2.79. The van der Waals surface area contributed by atoms with Crippen LogP contribution in [0.1, 0.15) is 24.2 Å². The number of para-hydroxylation sites is 1. The van der Waals surface area contributed by atoms with Crippen LogP contribution in [0.3, 0.4) is 0 Å². The molecule has 0 spiro atoms. The van der Waals surface area contributed by atoms with Crippen LogP contribution in [-0.4, -0.2) is 25.6 Å². The third-order valence-electron chi connectivity index (χ3n) is 5.36. The topological polar surface area (TPSA) is 106 Å². The Morgan fingerprint density at radius 2 is 1.82 bits per heavy atom. The van der Waals surface area contributed by atoms with Crippen LogP contribution in [0.5, 0.6) is 0 Å². The number of aromatic nitrogens is 3. The predicted octanol–water partition coefficient (Wildman–Crippen LogP) is 4.24. The van der Waals surface area contributed by atoms with Gasteiger partial charge in [-0.2, -0.15) is 0 Å². The van der Waals surface area contributed by atoms with E-state index in [1.54, 1.807) is 13.0 Å². The van der Waals surface area contributed by atoms with E-state index in [9.17, 15) is 18.0 Å². The van der Waals surface area contributed by atoms with Crippen LogP contribution in [0.25, 0.3) is 28.0 Å². The summed E-state index contributed by atoms with van der Waals surface area (Å²) in [5.41, 5.74) is 5.84. The van der Waals surface area contributed by atoms with Crippen molar-refractivity contribution in [2.45, 2.75) is 26.2 Å². The van der Waals surface area contributed by atoms with Crippen molar-refractivity contribution in [3.8, 4) is 16.9 Å². The fourth-order valence-electron chi connectivity index (χ4n) is 3.77. The normalized spacial score (nSPS) is 11.8. The molecule has 0 atom stereocenters. The Kier molecular flexibility index (Phi) is 6.31. The zero-order valence-corrected chi connectivity index (χ0v) is 18.1. The summed E-state index contributed by atoms with van der Waals surface area (Å²) >= 11 is 0. The van der Waals surface area contributed by atoms with Gasteiger partial charge in [-0.05, 0) is 55.3 Å². The number of hydrogen-bond acceptors (Lipinski definition) is 5. The van der Waals surface area contributed by atoms with Crippen LogP contribution in [0.4, 0.5) is 13.2 Å². The molecule has 10 heteroatoms. The molecule has 34 heavy (non-hydrogen) atoms. The molecule has 4 aromatic rings. The molecular formula is C24H20F3N5O2. The van der Waals surface area contributed by atoms with Gasteiger partial charge in [0.25, 0.3) is 5.56 Å². The van der Waals surface area contributed by atoms with Crippen LogP contribution in [0.2, 0.25) is 0 Å². The van der Waals surface area contributed by atoms with Gasteiger partial charge in [0.2, 0.25) is 0 Å². The minimum atomic E-state index is -0.929. The molecule has 2 heterocycles. The first-order chi connectivity index (χ1) is 16.3. The van der Waals surface area contributed by atoms with Gasteiger partial charge in [0.15, 0.2) is 5.65 Å². The maximum absolute atomic E-state index is 14.7. The molecule has 0 aliphatic rings. The molecule has 2 aromatic carbocycles. The molecule has 0 amide bonds. The Labute approximate surface area is 192 Å². The van der Waals surface area contributed by atoms with Crippen molar-refractivity contribution in [3.05, 3.63) is 87.7 Å². The molecule has 0 radical (unpaired) electrons. The molecule has 0 bridgehead atoms. The SMILES string of the molecule is Cc1cc(F)ccc1-c1nc(CCCC(N)=NO)nc2c1ccc(=O)n2-c1c(F)cccc1F. The lowest BCUT2D eigenvalue weighted by atomic mass is 10.0. The van der Waals surface area contributed by atoms with Crippen LogP contribution < -0.4 is 11.3 Å². The van der Waals surface area contributed by atoms with Gasteiger partial charge in [0.1, 0.15) is 34.8 Å². The summed E-state index contributed by atoms with van der Waals surface area (Å²) in [6.45, 7) is 1.71. The number of hydrogen-bond donors (Lipinski definition) is 2. The number of rotatable bonds is 6. The van der Waals surface area contributed by atoms with Crippen molar-refractivity contribution in [1.29, 1.82) is 0 Å². The average molecular weight is 467 g/mol. The summed E-state index contributed by atoms with van der Waals surface area (Å²) in [5, 5.41) is 12.0. The molecule has 0 saturated heterocycles. The second-order valence-corrected chi connectivity index (χ2v) is 7.71. The van der Waals surface area contributed by atoms with Crippen LogP contribution in [0, 0.1) is 24.4 Å². The first-order valence-corrected chi connectivity index (χ1v) is 10.4. The van der Waals surface area contributed by atoms with Crippen LogP contribution >= 0.6 is 0 Å². The monoisotopic (exact) mass is 467 g/mol. The van der Waals surface area contributed by atoms with E-state index >= 15 is 0 Å². The van der Waals surface area contributed by atoms with E-state index in [2.05, 4.69) is 15.1 Å². The first kappa shape index (κ1) is 23.0. The second-order valence-electron chi connectivity index (χ2n) is 7.71. The summed E-state index contributed by atoms with van der Waals surface area (Å²) in [5.74, 6) is -1.99. The van der Waals surface area contributed by atoms with Gasteiger partial charge in [0.05, 0.1) is 5.69 Å². The molecule has 0 fully saturated rings. The van der Waals surface area contributed by atoms with E-state index in [0.29, 0.717) is 28.6 Å². The zero-order valence-electron chi connectivity index (χ0n) is 18.1. The minimum absolute atomic E-state index is 0.00372. The zero-order chi connectivity index (χ0) is 24.4. The quantitative estimate of drug-likeness (QED) is 0.191. The summed E-state index contributed by atoms with van der Waals surface area (Å²) in [4.78, 5) is 21.9. The maximum Gasteiger partial charge on any atom is 0.256 e. The highest BCUT2D eigenvalue weighted by atomic mass is 19.1. The van der Waals surface area contributed by atoms with Crippen molar-refractivity contribution in [3.63, 3.8) is 0 Å². The predicted molar refractivity (Wildman–Crippen MR) is 122 cm³/mol. The lowest BCUT2D eigenvalue weighted by Crippen LogP contribution is -2.21. The van der Waals surface area contributed by atoms with Crippen molar-refractivity contribution in [2.75, 3.05) is 0 Å². The molecule has 0 aliphatic carbocycles. The van der Waals surface area contributed by atoms with Crippen molar-refractivity contribution in [2.24, 2.45) is 10.9 Å². The number of benzene rings is 2. The van der Waals surface area contributed by atoms with E-state index in [1.807, 2.05) is 0 Å². The molecule has 0 saturated carbocycles. The maximum atomic E-state index is 14.7. The van der Waals surface area contributed by atoms with Crippen molar-refractivity contribution < 1.29 is 18.4 Å². The molecule has 2 aromatic heterocycles. The fourth-order valence-corrected chi connectivity index (χ4v) is 3.77. The Balaban J connectivity index is 2.02. The number of nitrogens with zero attached hydrogens (tertiary/aromatic N) is 4. The van der Waals surface area contributed by atoms with E-state index in [4.69, 9.17) is 10.9 Å². The highest BCUT2D eigenvalue weighted by Gasteiger charge is 2.20. The summed E-state index contributed by atoms with van der Waals surface area (Å²) in [6.07, 6.45) is 0.933. The molecule has 174 valence electrons. The summed E-state index contributed by atoms with van der Waals surface area (Å²) in [7, 11) is 0. The Morgan fingerprint density at radius 3 is 2.50 bits per heavy atom. The number of fused-ring (bicyclic) bond motifs is 1. The summed E-state index contributed by atoms with van der Waals surface area (Å²) < 4.78 is 44.0. The third-order valence-corrected chi connectivity index (χ3v) is 5.36. The largest absolute Gasteiger partial charge is 0.409 e. The molecule has 0 aliphatic heterocycles. The number of pyridine rings is 1. The molecular weight excluding hydrogens is 447 g/mol. The molecule has 4 rings (SSSR count). The van der Waals surface area contributed by atoms with Gasteiger partial charge in [-0.25, -0.2) is 23.1 Å². The Morgan fingerprint density at radius 1 is 1.09 bits per heavy atom. The van der Waals surface area contributed by atoms with Crippen molar-refractivity contribution >= 4 is 16.9 Å². The molecule has 3 N–H and O–H groups in total. The van der Waals surface area contributed by atoms with Gasteiger partial charge >= 0.3 is 0 Å². The highest BCUT2D eigenvalue weighted by Crippen LogP contribution is 2.30. The van der Waals surface area contributed by atoms with Crippen LogP contribution in [0.15, 0.2) is 58.5 Å². The Hall–Kier alpha value is -4.21. The van der Waals surface area contributed by atoms with Gasteiger partial charge in [-0.3, -0.25) is 9.36 Å². The highest BCUT2D eigenvalue weighted by molar-refractivity contribution is 5.92. The molecule has 7 nitrogen and oxygen atoms in total. The smallest absolute Gasteiger partial charge is 0.256 e. The molecule has 0 unspecified atom stereocenters. The standard InChI is InChI=1S/C24H20F3N5O2/c1-13-12-14(25)8-9-15(13)22-16-10-11-21(33)32(23-17(26)4-2-5-18(23)27)24(16)30-20(29-22)7-3-6-19(28)31-34/h2,4-5,8-12,34H,3,6-7H2,1H3,(H2,28,31). The number of aryl methyl sites for hydroxylation is 2. The second kappa shape index (κ2) is 9.34. The van der Waals surface area contributed by atoms with E-state index < -0.39 is 28.7 Å². The number of nitrogens with two attached hydrogens (primary N) is 1. The fraction of sp³-hybridized carbons (Fsp3) is 0.167. The minimum Gasteiger partial charge on any atom is -0.409 e. The van der Waals surface area contributed by atoms with E-state index in [-0.39, 0.29) is 30.1 Å².